The van der Waals surface area contributed by atoms with E-state index in [9.17, 15) is 8.42 Å². The zero-order valence-corrected chi connectivity index (χ0v) is 13.6. The Labute approximate surface area is 126 Å². The first-order valence-electron chi connectivity index (χ1n) is 7.13. The number of methoxy groups -OCH3 is 1. The van der Waals surface area contributed by atoms with Crippen molar-refractivity contribution in [2.45, 2.75) is 25.2 Å². The molecule has 0 unspecified atom stereocenters. The first-order valence-corrected chi connectivity index (χ1v) is 8.98. The van der Waals surface area contributed by atoms with Gasteiger partial charge in [-0.05, 0) is 53.3 Å². The third kappa shape index (κ3) is 3.86. The van der Waals surface area contributed by atoms with Crippen LogP contribution in [0.1, 0.15) is 30.7 Å². The van der Waals surface area contributed by atoms with Crippen molar-refractivity contribution < 1.29 is 13.2 Å². The highest BCUT2D eigenvalue weighted by Crippen LogP contribution is 2.43. The highest BCUT2D eigenvalue weighted by Gasteiger charge is 2.30. The van der Waals surface area contributed by atoms with Crippen molar-refractivity contribution in [2.75, 3.05) is 30.8 Å². The Morgan fingerprint density at radius 1 is 1.29 bits per heavy atom. The molecule has 5 heteroatoms. The van der Waals surface area contributed by atoms with E-state index in [0.29, 0.717) is 25.5 Å². The van der Waals surface area contributed by atoms with Gasteiger partial charge in [-0.2, -0.15) is 0 Å². The number of benzene rings is 1. The lowest BCUT2D eigenvalue weighted by molar-refractivity contribution is 0.197. The smallest absolute Gasteiger partial charge is 0.232 e. The molecule has 1 fully saturated rings. The Balaban J connectivity index is 2.46. The maximum absolute atomic E-state index is 12.2. The van der Waals surface area contributed by atoms with E-state index in [1.807, 2.05) is 12.1 Å². The van der Waals surface area contributed by atoms with E-state index in [-0.39, 0.29) is 0 Å². The third-order valence-corrected chi connectivity index (χ3v) is 4.92. The van der Waals surface area contributed by atoms with Crippen molar-refractivity contribution >= 4 is 28.9 Å². The fourth-order valence-electron chi connectivity index (χ4n) is 2.45. The van der Waals surface area contributed by atoms with Gasteiger partial charge < -0.3 is 4.74 Å². The molecule has 0 amide bonds. The molecule has 0 spiro atoms. The average Bonchev–Trinajstić information content (AvgIpc) is 3.20. The van der Waals surface area contributed by atoms with Crippen LogP contribution in [-0.2, 0) is 14.8 Å². The van der Waals surface area contributed by atoms with Gasteiger partial charge in [-0.3, -0.25) is 4.31 Å². The molecule has 0 atom stereocenters. The molecule has 0 radical (unpaired) electrons. The SMILES string of the molecule is C=c1cc(C2CC2)c(N(CCCOC)S(C)(=O)=O)cc1=C. The Kier molecular flexibility index (Phi) is 4.74. The molecule has 1 aliphatic rings. The molecule has 0 saturated heterocycles. The first-order chi connectivity index (χ1) is 9.84. The third-order valence-electron chi connectivity index (χ3n) is 3.74. The molecule has 21 heavy (non-hydrogen) atoms. The second kappa shape index (κ2) is 6.20. The summed E-state index contributed by atoms with van der Waals surface area (Å²) in [5, 5.41) is 1.64. The zero-order valence-electron chi connectivity index (χ0n) is 12.8. The Morgan fingerprint density at radius 3 is 2.43 bits per heavy atom. The van der Waals surface area contributed by atoms with Crippen LogP contribution in [0.3, 0.4) is 0 Å². The molecule has 2 rings (SSSR count). The summed E-state index contributed by atoms with van der Waals surface area (Å²) in [5.74, 6) is 0.452. The summed E-state index contributed by atoms with van der Waals surface area (Å²) in [7, 11) is -1.71. The van der Waals surface area contributed by atoms with Crippen LogP contribution in [0.25, 0.3) is 13.2 Å². The van der Waals surface area contributed by atoms with E-state index in [2.05, 4.69) is 13.2 Å². The standard InChI is InChI=1S/C16H23NO3S/c1-12-10-15(14-6-7-14)16(11-13(12)2)17(21(4,18)19)8-5-9-20-3/h10-11,14H,1-2,5-9H2,3-4H3. The van der Waals surface area contributed by atoms with Gasteiger partial charge in [-0.25, -0.2) is 8.42 Å². The van der Waals surface area contributed by atoms with Crippen LogP contribution in [0.5, 0.6) is 0 Å². The van der Waals surface area contributed by atoms with Crippen LogP contribution in [0.15, 0.2) is 12.1 Å². The van der Waals surface area contributed by atoms with Gasteiger partial charge in [0.1, 0.15) is 0 Å². The van der Waals surface area contributed by atoms with Crippen molar-refractivity contribution in [3.05, 3.63) is 28.1 Å². The minimum Gasteiger partial charge on any atom is -0.385 e. The minimum atomic E-state index is -3.33. The van der Waals surface area contributed by atoms with Crippen LogP contribution in [0, 0.1) is 0 Å². The van der Waals surface area contributed by atoms with Gasteiger partial charge in [-0.15, -0.1) is 0 Å². The fraction of sp³-hybridized carbons (Fsp3) is 0.500. The van der Waals surface area contributed by atoms with Gasteiger partial charge >= 0.3 is 0 Å². The molecule has 1 aromatic carbocycles. The van der Waals surface area contributed by atoms with E-state index >= 15 is 0 Å². The second-order valence-corrected chi connectivity index (χ2v) is 7.54. The van der Waals surface area contributed by atoms with Gasteiger partial charge in [0.2, 0.25) is 10.0 Å². The summed E-state index contributed by atoms with van der Waals surface area (Å²) in [4.78, 5) is 0. The molecule has 0 heterocycles. The lowest BCUT2D eigenvalue weighted by atomic mass is 10.1. The van der Waals surface area contributed by atoms with Crippen molar-refractivity contribution in [1.82, 2.24) is 0 Å². The molecule has 0 N–H and O–H groups in total. The molecule has 0 aliphatic heterocycles. The first kappa shape index (κ1) is 16.0. The number of hydrogen-bond donors (Lipinski definition) is 0. The molecule has 0 aromatic heterocycles. The summed E-state index contributed by atoms with van der Waals surface area (Å²) >= 11 is 0. The van der Waals surface area contributed by atoms with Gasteiger partial charge in [0.15, 0.2) is 0 Å². The fourth-order valence-corrected chi connectivity index (χ4v) is 3.43. The van der Waals surface area contributed by atoms with Crippen molar-refractivity contribution in [3.63, 3.8) is 0 Å². The number of sulfonamides is 1. The molecular formula is C16H23NO3S. The van der Waals surface area contributed by atoms with E-state index in [0.717, 1.165) is 34.5 Å². The summed E-state index contributed by atoms with van der Waals surface area (Å²) in [6.45, 7) is 8.89. The van der Waals surface area contributed by atoms with Crippen LogP contribution in [0.4, 0.5) is 5.69 Å². The summed E-state index contributed by atoms with van der Waals surface area (Å²) in [6.07, 6.45) is 4.13. The maximum atomic E-state index is 12.2. The van der Waals surface area contributed by atoms with Crippen molar-refractivity contribution in [1.29, 1.82) is 0 Å². The van der Waals surface area contributed by atoms with Crippen molar-refractivity contribution in [3.8, 4) is 0 Å². The molecule has 1 saturated carbocycles. The predicted molar refractivity (Wildman–Crippen MR) is 87.4 cm³/mol. The minimum absolute atomic E-state index is 0.419. The number of ether oxygens (including phenoxy) is 1. The summed E-state index contributed by atoms with van der Waals surface area (Å²) in [6, 6.07) is 3.84. The van der Waals surface area contributed by atoms with E-state index in [4.69, 9.17) is 4.74 Å². The largest absolute Gasteiger partial charge is 0.385 e. The topological polar surface area (TPSA) is 46.6 Å². The van der Waals surface area contributed by atoms with Gasteiger partial charge in [0.25, 0.3) is 0 Å². The number of rotatable bonds is 7. The van der Waals surface area contributed by atoms with Crippen LogP contribution in [-0.4, -0.2) is 34.9 Å². The Morgan fingerprint density at radius 2 is 1.90 bits per heavy atom. The monoisotopic (exact) mass is 309 g/mol. The van der Waals surface area contributed by atoms with Crippen LogP contribution in [0.2, 0.25) is 0 Å². The van der Waals surface area contributed by atoms with E-state index < -0.39 is 10.0 Å². The predicted octanol–water partition coefficient (Wildman–Crippen LogP) is 1.19. The van der Waals surface area contributed by atoms with Crippen LogP contribution < -0.4 is 14.7 Å². The Hall–Kier alpha value is -1.33. The molecule has 1 aromatic rings. The van der Waals surface area contributed by atoms with Crippen molar-refractivity contribution in [2.24, 2.45) is 0 Å². The summed E-state index contributed by atoms with van der Waals surface area (Å²) < 4.78 is 30.8. The second-order valence-electron chi connectivity index (χ2n) is 5.64. The quantitative estimate of drug-likeness (QED) is 0.711. The van der Waals surface area contributed by atoms with Gasteiger partial charge in [0, 0.05) is 20.3 Å². The van der Waals surface area contributed by atoms with Gasteiger partial charge in [0.05, 0.1) is 11.9 Å². The van der Waals surface area contributed by atoms with E-state index in [1.54, 1.807) is 7.11 Å². The number of nitrogens with zero attached hydrogens (tertiary/aromatic N) is 1. The maximum Gasteiger partial charge on any atom is 0.232 e. The average molecular weight is 309 g/mol. The van der Waals surface area contributed by atoms with E-state index in [1.165, 1.54) is 10.6 Å². The highest BCUT2D eigenvalue weighted by molar-refractivity contribution is 7.92. The molecule has 0 bridgehead atoms. The molecule has 1 aliphatic carbocycles. The number of hydrogen-bond acceptors (Lipinski definition) is 3. The molecule has 116 valence electrons. The van der Waals surface area contributed by atoms with Crippen LogP contribution >= 0.6 is 0 Å². The molecular weight excluding hydrogens is 286 g/mol. The Bertz CT molecular complexity index is 708. The lowest BCUT2D eigenvalue weighted by Gasteiger charge is -2.25. The highest BCUT2D eigenvalue weighted by atomic mass is 32.2. The molecule has 4 nitrogen and oxygen atoms in total. The summed E-state index contributed by atoms with van der Waals surface area (Å²) in [5.41, 5.74) is 1.84. The normalized spacial score (nSPS) is 15.1. The number of anilines is 1. The zero-order chi connectivity index (χ0) is 15.6. The van der Waals surface area contributed by atoms with Gasteiger partial charge in [-0.1, -0.05) is 13.2 Å². The lowest BCUT2D eigenvalue weighted by Crippen LogP contribution is -2.34.